The van der Waals surface area contributed by atoms with Crippen LogP contribution in [0, 0.1) is 6.92 Å². The molecule has 0 spiro atoms. The minimum Gasteiger partial charge on any atom is -0.392 e. The van der Waals surface area contributed by atoms with E-state index in [1.807, 2.05) is 30.3 Å². The second-order valence-electron chi connectivity index (χ2n) is 3.52. The highest BCUT2D eigenvalue weighted by Gasteiger charge is 2.02. The molecule has 0 amide bonds. The highest BCUT2D eigenvalue weighted by Crippen LogP contribution is 2.21. The molecule has 0 saturated carbocycles. The van der Waals surface area contributed by atoms with E-state index in [2.05, 4.69) is 18.0 Å². The van der Waals surface area contributed by atoms with Crippen molar-refractivity contribution >= 4 is 0 Å². The van der Waals surface area contributed by atoms with Gasteiger partial charge < -0.3 is 5.11 Å². The van der Waals surface area contributed by atoms with Gasteiger partial charge in [0.2, 0.25) is 0 Å². The number of aliphatic hydroxyl groups excluding tert-OH is 1. The summed E-state index contributed by atoms with van der Waals surface area (Å²) in [7, 11) is 0. The summed E-state index contributed by atoms with van der Waals surface area (Å²) in [4.78, 5) is 4.31. The Bertz CT molecular complexity index is 466. The Morgan fingerprint density at radius 2 is 2.00 bits per heavy atom. The van der Waals surface area contributed by atoms with E-state index < -0.39 is 0 Å². The fourth-order valence-electron chi connectivity index (χ4n) is 1.58. The molecule has 2 aromatic rings. The van der Waals surface area contributed by atoms with Crippen LogP contribution < -0.4 is 0 Å². The zero-order chi connectivity index (χ0) is 10.7. The first-order valence-electron chi connectivity index (χ1n) is 4.93. The maximum absolute atomic E-state index is 9.05. The molecule has 0 aliphatic heterocycles. The summed E-state index contributed by atoms with van der Waals surface area (Å²) in [6.45, 7) is 2.12. The van der Waals surface area contributed by atoms with Crippen LogP contribution in [-0.2, 0) is 6.61 Å². The number of hydrogen-bond donors (Lipinski definition) is 1. The predicted octanol–water partition coefficient (Wildman–Crippen LogP) is 2.55. The van der Waals surface area contributed by atoms with Crippen molar-refractivity contribution in [3.05, 3.63) is 53.7 Å². The smallest absolute Gasteiger partial charge is 0.0708 e. The predicted molar refractivity (Wildman–Crippen MR) is 60.3 cm³/mol. The van der Waals surface area contributed by atoms with Gasteiger partial charge in [0, 0.05) is 11.8 Å². The number of rotatable bonds is 2. The Labute approximate surface area is 89.2 Å². The summed E-state index contributed by atoms with van der Waals surface area (Å²) >= 11 is 0. The van der Waals surface area contributed by atoms with Crippen molar-refractivity contribution < 1.29 is 5.11 Å². The maximum atomic E-state index is 9.05. The fourth-order valence-corrected chi connectivity index (χ4v) is 1.58. The maximum Gasteiger partial charge on any atom is 0.0708 e. The molecule has 1 aromatic heterocycles. The molecule has 0 aliphatic carbocycles. The quantitative estimate of drug-likeness (QED) is 0.806. The fraction of sp³-hybridized carbons (Fsp3) is 0.154. The van der Waals surface area contributed by atoms with Gasteiger partial charge in [-0.2, -0.15) is 0 Å². The van der Waals surface area contributed by atoms with Gasteiger partial charge in [0.25, 0.3) is 0 Å². The van der Waals surface area contributed by atoms with Crippen molar-refractivity contribution in [1.82, 2.24) is 4.98 Å². The molecule has 0 unspecified atom stereocenters. The van der Waals surface area contributed by atoms with Crippen molar-refractivity contribution in [3.63, 3.8) is 0 Å². The monoisotopic (exact) mass is 199 g/mol. The Morgan fingerprint density at radius 1 is 1.20 bits per heavy atom. The number of hydrogen-bond acceptors (Lipinski definition) is 2. The molecule has 0 saturated heterocycles. The molecule has 1 N–H and O–H groups in total. The number of pyridine rings is 1. The van der Waals surface area contributed by atoms with E-state index in [-0.39, 0.29) is 6.61 Å². The topological polar surface area (TPSA) is 33.1 Å². The Kier molecular flexibility index (Phi) is 2.79. The third-order valence-corrected chi connectivity index (χ3v) is 2.43. The van der Waals surface area contributed by atoms with Crippen molar-refractivity contribution in [1.29, 1.82) is 0 Å². The molecule has 1 aromatic carbocycles. The SMILES string of the molecule is Cc1ccccc1-c1cc(CO)ccn1. The zero-order valence-electron chi connectivity index (χ0n) is 8.64. The van der Waals surface area contributed by atoms with Crippen LogP contribution in [-0.4, -0.2) is 10.1 Å². The molecule has 2 heteroatoms. The Morgan fingerprint density at radius 3 is 2.73 bits per heavy atom. The Hall–Kier alpha value is -1.67. The van der Waals surface area contributed by atoms with E-state index in [4.69, 9.17) is 5.11 Å². The van der Waals surface area contributed by atoms with Crippen LogP contribution in [0.3, 0.4) is 0 Å². The van der Waals surface area contributed by atoms with E-state index in [1.165, 1.54) is 5.56 Å². The largest absolute Gasteiger partial charge is 0.392 e. The Balaban J connectivity index is 2.49. The van der Waals surface area contributed by atoms with Gasteiger partial charge in [0.1, 0.15) is 0 Å². The lowest BCUT2D eigenvalue weighted by Crippen LogP contribution is -1.89. The number of benzene rings is 1. The van der Waals surface area contributed by atoms with Gasteiger partial charge in [0.15, 0.2) is 0 Å². The first-order valence-corrected chi connectivity index (χ1v) is 4.93. The lowest BCUT2D eigenvalue weighted by atomic mass is 10.0. The van der Waals surface area contributed by atoms with Crippen molar-refractivity contribution in [2.75, 3.05) is 0 Å². The number of aliphatic hydroxyl groups is 1. The van der Waals surface area contributed by atoms with Crippen LogP contribution in [0.4, 0.5) is 0 Å². The van der Waals surface area contributed by atoms with Gasteiger partial charge in [-0.1, -0.05) is 24.3 Å². The van der Waals surface area contributed by atoms with Crippen LogP contribution in [0.5, 0.6) is 0 Å². The molecule has 2 nitrogen and oxygen atoms in total. The second-order valence-corrected chi connectivity index (χ2v) is 3.52. The first kappa shape index (κ1) is 9.87. The van der Waals surface area contributed by atoms with E-state index in [0.717, 1.165) is 16.8 Å². The van der Waals surface area contributed by atoms with Crippen molar-refractivity contribution in [3.8, 4) is 11.3 Å². The summed E-state index contributed by atoms with van der Waals surface area (Å²) in [5.74, 6) is 0. The highest BCUT2D eigenvalue weighted by molar-refractivity contribution is 5.63. The molecule has 0 fully saturated rings. The normalized spacial score (nSPS) is 10.3. The number of aryl methyl sites for hydroxylation is 1. The van der Waals surface area contributed by atoms with Crippen LogP contribution in [0.25, 0.3) is 11.3 Å². The minimum atomic E-state index is 0.0569. The molecular formula is C13H13NO. The van der Waals surface area contributed by atoms with E-state index >= 15 is 0 Å². The van der Waals surface area contributed by atoms with Crippen LogP contribution in [0.15, 0.2) is 42.6 Å². The molecule has 15 heavy (non-hydrogen) atoms. The second kappa shape index (κ2) is 4.24. The third kappa shape index (κ3) is 2.05. The standard InChI is InChI=1S/C13H13NO/c1-10-4-2-3-5-12(10)13-8-11(9-15)6-7-14-13/h2-8,15H,9H2,1H3. The number of aromatic nitrogens is 1. The third-order valence-electron chi connectivity index (χ3n) is 2.43. The van der Waals surface area contributed by atoms with Gasteiger partial charge in [0.05, 0.1) is 12.3 Å². The zero-order valence-corrected chi connectivity index (χ0v) is 8.64. The van der Waals surface area contributed by atoms with Gasteiger partial charge in [-0.25, -0.2) is 0 Å². The summed E-state index contributed by atoms with van der Waals surface area (Å²) < 4.78 is 0. The molecular weight excluding hydrogens is 186 g/mol. The van der Waals surface area contributed by atoms with Crippen molar-refractivity contribution in [2.24, 2.45) is 0 Å². The van der Waals surface area contributed by atoms with Crippen LogP contribution >= 0.6 is 0 Å². The first-order chi connectivity index (χ1) is 7.31. The summed E-state index contributed by atoms with van der Waals surface area (Å²) in [6, 6.07) is 11.8. The average Bonchev–Trinajstić information content (AvgIpc) is 2.30. The van der Waals surface area contributed by atoms with E-state index in [0.29, 0.717) is 0 Å². The minimum absolute atomic E-state index is 0.0569. The van der Waals surface area contributed by atoms with Crippen LogP contribution in [0.2, 0.25) is 0 Å². The summed E-state index contributed by atoms with van der Waals surface area (Å²) in [6.07, 6.45) is 1.73. The molecule has 1 heterocycles. The number of nitrogens with zero attached hydrogens (tertiary/aromatic N) is 1. The van der Waals surface area contributed by atoms with Crippen molar-refractivity contribution in [2.45, 2.75) is 13.5 Å². The average molecular weight is 199 g/mol. The molecule has 0 radical (unpaired) electrons. The molecule has 76 valence electrons. The summed E-state index contributed by atoms with van der Waals surface area (Å²) in [5, 5.41) is 9.05. The van der Waals surface area contributed by atoms with E-state index in [9.17, 15) is 0 Å². The van der Waals surface area contributed by atoms with Gasteiger partial charge in [-0.15, -0.1) is 0 Å². The van der Waals surface area contributed by atoms with E-state index in [1.54, 1.807) is 6.20 Å². The lowest BCUT2D eigenvalue weighted by molar-refractivity contribution is 0.282. The molecule has 2 rings (SSSR count). The molecule has 0 aliphatic rings. The van der Waals surface area contributed by atoms with Gasteiger partial charge in [-0.05, 0) is 30.2 Å². The lowest BCUT2D eigenvalue weighted by Gasteiger charge is -2.05. The molecule has 0 bridgehead atoms. The molecule has 0 atom stereocenters. The van der Waals surface area contributed by atoms with Gasteiger partial charge in [-0.3, -0.25) is 4.98 Å². The van der Waals surface area contributed by atoms with Crippen LogP contribution in [0.1, 0.15) is 11.1 Å². The highest BCUT2D eigenvalue weighted by atomic mass is 16.3. The van der Waals surface area contributed by atoms with Gasteiger partial charge >= 0.3 is 0 Å². The summed E-state index contributed by atoms with van der Waals surface area (Å²) in [5.41, 5.74) is 4.12.